The number of carbonyl (C=O) groups is 1. The normalized spacial score (nSPS) is 12.8. The van der Waals surface area contributed by atoms with E-state index in [4.69, 9.17) is 4.74 Å². The van der Waals surface area contributed by atoms with Gasteiger partial charge in [-0.2, -0.15) is 0 Å². The molecular formula is C36H57NO3. The minimum absolute atomic E-state index is 0.171. The fourth-order valence-electron chi connectivity index (χ4n) is 5.20. The zero-order valence-electron chi connectivity index (χ0n) is 26.2. The van der Waals surface area contributed by atoms with Gasteiger partial charge in [-0.05, 0) is 83.4 Å². The summed E-state index contributed by atoms with van der Waals surface area (Å²) in [6.07, 6.45) is 26.3. The van der Waals surface area contributed by atoms with Crippen molar-refractivity contribution in [2.45, 2.75) is 142 Å². The molecule has 4 nitrogen and oxygen atoms in total. The molecule has 2 N–H and O–H groups in total. The third-order valence-electron chi connectivity index (χ3n) is 7.81. The molecule has 0 amide bonds. The molecule has 0 aliphatic carbocycles. The number of nitrogens with one attached hydrogen (secondary N) is 1. The monoisotopic (exact) mass is 551 g/mol. The minimum Gasteiger partial charge on any atom is -0.465 e. The van der Waals surface area contributed by atoms with Crippen molar-refractivity contribution < 1.29 is 14.6 Å². The van der Waals surface area contributed by atoms with Gasteiger partial charge in [-0.25, -0.2) is 0 Å². The van der Waals surface area contributed by atoms with Crippen molar-refractivity contribution in [3.05, 3.63) is 59.3 Å². The molecule has 224 valence electrons. The second-order valence-electron chi connectivity index (χ2n) is 12.3. The molecule has 0 radical (unpaired) electrons. The predicted molar refractivity (Wildman–Crippen MR) is 171 cm³/mol. The lowest BCUT2D eigenvalue weighted by atomic mass is 9.85. The van der Waals surface area contributed by atoms with E-state index in [0.717, 1.165) is 42.1 Å². The molecule has 0 fully saturated rings. The Morgan fingerprint density at radius 3 is 2.20 bits per heavy atom. The maximum absolute atomic E-state index is 12.5. The molecule has 0 unspecified atom stereocenters. The van der Waals surface area contributed by atoms with Gasteiger partial charge in [0.05, 0.1) is 5.60 Å². The number of aromatic amines is 1. The van der Waals surface area contributed by atoms with E-state index in [1.807, 2.05) is 6.20 Å². The number of rotatable bonds is 21. The first-order valence-corrected chi connectivity index (χ1v) is 16.0. The fraction of sp³-hybridized carbons (Fsp3) is 0.639. The molecule has 4 heteroatoms. The van der Waals surface area contributed by atoms with Crippen LogP contribution < -0.4 is 0 Å². The number of esters is 1. The Balaban J connectivity index is 1.66. The van der Waals surface area contributed by atoms with Crippen molar-refractivity contribution in [1.82, 2.24) is 4.98 Å². The zero-order chi connectivity index (χ0) is 29.2. The van der Waals surface area contributed by atoms with Gasteiger partial charge in [-0.3, -0.25) is 4.79 Å². The van der Waals surface area contributed by atoms with Crippen LogP contribution in [-0.2, 0) is 16.0 Å². The summed E-state index contributed by atoms with van der Waals surface area (Å²) in [6, 6.07) is 6.42. The molecule has 0 aliphatic rings. The number of aliphatic hydroxyl groups is 1. The number of fused-ring (bicyclic) bond motifs is 1. The lowest BCUT2D eigenvalue weighted by Crippen LogP contribution is -2.33. The first-order chi connectivity index (χ1) is 19.2. The quantitative estimate of drug-likeness (QED) is 0.0921. The number of carbonyl (C=O) groups excluding carboxylic acids is 1. The number of benzene rings is 1. The third-order valence-corrected chi connectivity index (χ3v) is 7.81. The molecule has 40 heavy (non-hydrogen) atoms. The molecule has 1 aromatic heterocycles. The highest BCUT2D eigenvalue weighted by Gasteiger charge is 2.31. The van der Waals surface area contributed by atoms with Crippen molar-refractivity contribution >= 4 is 16.9 Å². The summed E-state index contributed by atoms with van der Waals surface area (Å²) in [4.78, 5) is 15.9. The van der Waals surface area contributed by atoms with Gasteiger partial charge >= 0.3 is 5.97 Å². The maximum atomic E-state index is 12.5. The molecule has 0 saturated carbocycles. The summed E-state index contributed by atoms with van der Waals surface area (Å²) in [6.45, 7) is 10.2. The van der Waals surface area contributed by atoms with E-state index >= 15 is 0 Å². The molecule has 2 rings (SSSR count). The zero-order valence-corrected chi connectivity index (χ0v) is 26.2. The summed E-state index contributed by atoms with van der Waals surface area (Å²) in [5.41, 5.74) is 3.57. The van der Waals surface area contributed by atoms with Gasteiger partial charge in [0.2, 0.25) is 0 Å². The Bertz CT molecular complexity index is 1040. The van der Waals surface area contributed by atoms with Crippen molar-refractivity contribution in [1.29, 1.82) is 0 Å². The largest absolute Gasteiger partial charge is 0.465 e. The van der Waals surface area contributed by atoms with E-state index in [1.54, 1.807) is 13.8 Å². The van der Waals surface area contributed by atoms with Crippen LogP contribution in [0.5, 0.6) is 0 Å². The summed E-state index contributed by atoms with van der Waals surface area (Å²) in [5.74, 6) is -0.473. The molecule has 0 saturated heterocycles. The lowest BCUT2D eigenvalue weighted by Gasteiger charge is -2.29. The van der Waals surface area contributed by atoms with Gasteiger partial charge in [0.15, 0.2) is 0 Å². The second-order valence-corrected chi connectivity index (χ2v) is 12.3. The third kappa shape index (κ3) is 13.4. The number of H-pyrrole nitrogens is 1. The van der Waals surface area contributed by atoms with Crippen LogP contribution in [0.1, 0.15) is 142 Å². The van der Waals surface area contributed by atoms with Gasteiger partial charge in [0.25, 0.3) is 0 Å². The van der Waals surface area contributed by atoms with Gasteiger partial charge < -0.3 is 14.8 Å². The molecule has 1 aromatic carbocycles. The Morgan fingerprint density at radius 2 is 1.57 bits per heavy atom. The molecule has 0 aliphatic heterocycles. The lowest BCUT2D eigenvalue weighted by molar-refractivity contribution is -0.145. The number of aromatic nitrogens is 1. The van der Waals surface area contributed by atoms with E-state index < -0.39 is 5.60 Å². The van der Waals surface area contributed by atoms with Gasteiger partial charge in [0, 0.05) is 29.4 Å². The minimum atomic E-state index is -1.01. The Morgan fingerprint density at radius 1 is 0.950 bits per heavy atom. The van der Waals surface area contributed by atoms with E-state index in [-0.39, 0.29) is 18.5 Å². The van der Waals surface area contributed by atoms with Crippen LogP contribution in [0.4, 0.5) is 0 Å². The number of hydrogen-bond acceptors (Lipinski definition) is 3. The van der Waals surface area contributed by atoms with Crippen molar-refractivity contribution in [2.75, 3.05) is 6.61 Å². The first kappa shape index (κ1) is 33.9. The molecule has 0 bridgehead atoms. The second kappa shape index (κ2) is 18.9. The SMILES string of the molecule is CCCCCCCC/C=C\CCCCCCCC(=O)OC[C@@H](c1c[nH]c2cc(CC=C(C)C)ccc12)C(C)(C)O. The highest BCUT2D eigenvalue weighted by molar-refractivity contribution is 5.84. The molecule has 1 atom stereocenters. The Labute approximate surface area is 244 Å². The maximum Gasteiger partial charge on any atom is 0.305 e. The van der Waals surface area contributed by atoms with Crippen molar-refractivity contribution in [3.63, 3.8) is 0 Å². The number of unbranched alkanes of at least 4 members (excludes halogenated alkanes) is 11. The summed E-state index contributed by atoms with van der Waals surface area (Å²) in [7, 11) is 0. The van der Waals surface area contributed by atoms with Crippen LogP contribution in [0.3, 0.4) is 0 Å². The van der Waals surface area contributed by atoms with E-state index in [9.17, 15) is 9.90 Å². The number of hydrogen-bond donors (Lipinski definition) is 2. The van der Waals surface area contributed by atoms with E-state index in [0.29, 0.717) is 6.42 Å². The smallest absolute Gasteiger partial charge is 0.305 e. The summed E-state index contributed by atoms with van der Waals surface area (Å²) >= 11 is 0. The van der Waals surface area contributed by atoms with Crippen LogP contribution in [0.2, 0.25) is 0 Å². The summed E-state index contributed by atoms with van der Waals surface area (Å²) < 4.78 is 5.68. The molecule has 0 spiro atoms. The highest BCUT2D eigenvalue weighted by Crippen LogP contribution is 2.34. The van der Waals surface area contributed by atoms with Gasteiger partial charge in [-0.15, -0.1) is 0 Å². The van der Waals surface area contributed by atoms with Crippen LogP contribution in [-0.4, -0.2) is 28.3 Å². The van der Waals surface area contributed by atoms with E-state index in [1.165, 1.54) is 75.3 Å². The molecule has 1 heterocycles. The average Bonchev–Trinajstić information content (AvgIpc) is 3.31. The highest BCUT2D eigenvalue weighted by atomic mass is 16.5. The molecule has 2 aromatic rings. The Kier molecular flexibility index (Phi) is 16.0. The van der Waals surface area contributed by atoms with Crippen LogP contribution in [0.15, 0.2) is 48.2 Å². The molecular weight excluding hydrogens is 494 g/mol. The number of allylic oxidation sites excluding steroid dienone is 4. The van der Waals surface area contributed by atoms with Gasteiger partial charge in [-0.1, -0.05) is 94.2 Å². The summed E-state index contributed by atoms with van der Waals surface area (Å²) in [5, 5.41) is 12.0. The predicted octanol–water partition coefficient (Wildman–Crippen LogP) is 10.1. The average molecular weight is 552 g/mol. The van der Waals surface area contributed by atoms with Crippen LogP contribution in [0.25, 0.3) is 10.9 Å². The van der Waals surface area contributed by atoms with E-state index in [2.05, 4.69) is 62.2 Å². The van der Waals surface area contributed by atoms with Crippen LogP contribution >= 0.6 is 0 Å². The Hall–Kier alpha value is -2.33. The van der Waals surface area contributed by atoms with Crippen molar-refractivity contribution in [2.24, 2.45) is 0 Å². The fourth-order valence-corrected chi connectivity index (χ4v) is 5.20. The first-order valence-electron chi connectivity index (χ1n) is 16.0. The van der Waals surface area contributed by atoms with Gasteiger partial charge in [0.1, 0.15) is 6.61 Å². The number of ether oxygens (including phenoxy) is 1. The van der Waals surface area contributed by atoms with Crippen molar-refractivity contribution in [3.8, 4) is 0 Å². The standard InChI is InChI=1S/C36H57NO3/c1-6-7-8-9-10-11-12-13-14-15-16-17-18-19-20-21-35(38)40-28-33(36(4,5)39)32-27-37-34-26-30(23-22-29(2)3)24-25-31(32)34/h13-14,22,24-27,33,37,39H,6-12,15-21,23,28H2,1-5H3/b14-13-/t33-/m0/s1. The topological polar surface area (TPSA) is 62.3 Å². The van der Waals surface area contributed by atoms with Crippen LogP contribution in [0, 0.1) is 0 Å².